The van der Waals surface area contributed by atoms with Crippen molar-refractivity contribution in [1.29, 1.82) is 0 Å². The molecule has 0 aliphatic rings. The van der Waals surface area contributed by atoms with E-state index in [9.17, 15) is 0 Å². The number of nitrogens with one attached hydrogen (secondary N) is 1. The van der Waals surface area contributed by atoms with E-state index in [1.165, 1.54) is 9.13 Å². The summed E-state index contributed by atoms with van der Waals surface area (Å²) in [6.07, 6.45) is 2.15. The molecule has 0 saturated heterocycles. The van der Waals surface area contributed by atoms with Crippen LogP contribution < -0.4 is 5.32 Å². The molecule has 0 fully saturated rings. The van der Waals surface area contributed by atoms with E-state index in [4.69, 9.17) is 0 Å². The van der Waals surface area contributed by atoms with Gasteiger partial charge in [-0.2, -0.15) is 11.8 Å². The lowest BCUT2D eigenvalue weighted by molar-refractivity contribution is 0.576. The summed E-state index contributed by atoms with van der Waals surface area (Å²) < 4.78 is 1.29. The Morgan fingerprint density at radius 1 is 1.27 bits per heavy atom. The molecule has 0 aliphatic carbocycles. The molecule has 1 nitrogen and oxygen atoms in total. The zero-order valence-electron chi connectivity index (χ0n) is 9.46. The van der Waals surface area contributed by atoms with Gasteiger partial charge in [0, 0.05) is 21.4 Å². The highest BCUT2D eigenvalue weighted by atomic mass is 127. The number of hydrogen-bond donors (Lipinski definition) is 1. The highest BCUT2D eigenvalue weighted by Crippen LogP contribution is 2.15. The van der Waals surface area contributed by atoms with Gasteiger partial charge >= 0.3 is 0 Å². The molecule has 2 unspecified atom stereocenters. The number of hydrogen-bond acceptors (Lipinski definition) is 2. The van der Waals surface area contributed by atoms with Gasteiger partial charge in [0.05, 0.1) is 0 Å². The molecule has 3 heteroatoms. The standard InChI is InChI=1S/C12H18INS/c1-9(15-3)8-14-10(2)11-4-6-12(13)7-5-11/h4-7,9-10,14H,8H2,1-3H3. The van der Waals surface area contributed by atoms with E-state index in [1.807, 2.05) is 11.8 Å². The first-order valence-corrected chi connectivity index (χ1v) is 7.51. The molecule has 1 N–H and O–H groups in total. The van der Waals surface area contributed by atoms with E-state index in [0.717, 1.165) is 6.54 Å². The van der Waals surface area contributed by atoms with Crippen molar-refractivity contribution in [3.8, 4) is 0 Å². The Hall–Kier alpha value is 0.260. The Balaban J connectivity index is 2.46. The Morgan fingerprint density at radius 3 is 2.40 bits per heavy atom. The molecule has 0 saturated carbocycles. The summed E-state index contributed by atoms with van der Waals surface area (Å²) in [6, 6.07) is 9.15. The van der Waals surface area contributed by atoms with Crippen LogP contribution in [0.25, 0.3) is 0 Å². The van der Waals surface area contributed by atoms with Gasteiger partial charge in [0.1, 0.15) is 0 Å². The second-order valence-corrected chi connectivity index (χ2v) is 6.25. The van der Waals surface area contributed by atoms with Crippen molar-refractivity contribution < 1.29 is 0 Å². The first kappa shape index (κ1) is 13.3. The Morgan fingerprint density at radius 2 is 1.87 bits per heavy atom. The van der Waals surface area contributed by atoms with Crippen molar-refractivity contribution in [3.05, 3.63) is 33.4 Å². The summed E-state index contributed by atoms with van der Waals surface area (Å²) in [5.41, 5.74) is 1.36. The van der Waals surface area contributed by atoms with Gasteiger partial charge in [-0.05, 0) is 53.5 Å². The average molecular weight is 335 g/mol. The average Bonchev–Trinajstić information content (AvgIpc) is 2.26. The van der Waals surface area contributed by atoms with E-state index in [1.54, 1.807) is 0 Å². The summed E-state index contributed by atoms with van der Waals surface area (Å²) in [6.45, 7) is 5.53. The molecule has 0 spiro atoms. The summed E-state index contributed by atoms with van der Waals surface area (Å²) in [5.74, 6) is 0. The molecule has 2 atom stereocenters. The summed E-state index contributed by atoms with van der Waals surface area (Å²) >= 11 is 4.23. The smallest absolute Gasteiger partial charge is 0.0292 e. The van der Waals surface area contributed by atoms with E-state index in [-0.39, 0.29) is 0 Å². The van der Waals surface area contributed by atoms with E-state index >= 15 is 0 Å². The van der Waals surface area contributed by atoms with Crippen molar-refractivity contribution in [2.24, 2.45) is 0 Å². The van der Waals surface area contributed by atoms with Crippen molar-refractivity contribution in [2.45, 2.75) is 25.1 Å². The molecule has 15 heavy (non-hydrogen) atoms. The van der Waals surface area contributed by atoms with Crippen LogP contribution in [-0.4, -0.2) is 18.1 Å². The molecule has 0 aromatic heterocycles. The first-order chi connectivity index (χ1) is 7.13. The third kappa shape index (κ3) is 4.74. The lowest BCUT2D eigenvalue weighted by atomic mass is 10.1. The van der Waals surface area contributed by atoms with E-state index in [0.29, 0.717) is 11.3 Å². The molecule has 0 bridgehead atoms. The fraction of sp³-hybridized carbons (Fsp3) is 0.500. The van der Waals surface area contributed by atoms with Crippen LogP contribution in [0.15, 0.2) is 24.3 Å². The molecule has 0 heterocycles. The second-order valence-electron chi connectivity index (χ2n) is 3.73. The predicted octanol–water partition coefficient (Wildman–Crippen LogP) is 3.69. The molecule has 1 rings (SSSR count). The van der Waals surface area contributed by atoms with Gasteiger partial charge in [-0.25, -0.2) is 0 Å². The van der Waals surface area contributed by atoms with Crippen LogP contribution in [0.5, 0.6) is 0 Å². The van der Waals surface area contributed by atoms with Crippen LogP contribution in [0.4, 0.5) is 0 Å². The molecule has 0 amide bonds. The second kappa shape index (κ2) is 6.76. The molecule has 0 radical (unpaired) electrons. The van der Waals surface area contributed by atoms with Crippen molar-refractivity contribution in [1.82, 2.24) is 5.32 Å². The van der Waals surface area contributed by atoms with E-state index in [2.05, 4.69) is 72.3 Å². The fourth-order valence-electron chi connectivity index (χ4n) is 1.30. The molecule has 84 valence electrons. The molecule has 1 aromatic carbocycles. The number of thioether (sulfide) groups is 1. The van der Waals surface area contributed by atoms with Gasteiger partial charge < -0.3 is 5.32 Å². The molecular weight excluding hydrogens is 317 g/mol. The van der Waals surface area contributed by atoms with Crippen LogP contribution >= 0.6 is 34.4 Å². The quantitative estimate of drug-likeness (QED) is 0.824. The van der Waals surface area contributed by atoms with Crippen LogP contribution in [0.1, 0.15) is 25.5 Å². The van der Waals surface area contributed by atoms with Crippen LogP contribution in [0, 0.1) is 3.57 Å². The van der Waals surface area contributed by atoms with Gasteiger partial charge in [-0.3, -0.25) is 0 Å². The monoisotopic (exact) mass is 335 g/mol. The lowest BCUT2D eigenvalue weighted by Gasteiger charge is -2.17. The minimum absolute atomic E-state index is 0.441. The van der Waals surface area contributed by atoms with Crippen LogP contribution in [-0.2, 0) is 0 Å². The Kier molecular flexibility index (Phi) is 6.00. The Labute approximate surface area is 111 Å². The molecule has 1 aromatic rings. The number of benzene rings is 1. The van der Waals surface area contributed by atoms with Crippen LogP contribution in [0.2, 0.25) is 0 Å². The minimum atomic E-state index is 0.441. The number of halogens is 1. The molecular formula is C12H18INS. The van der Waals surface area contributed by atoms with Crippen molar-refractivity contribution in [3.63, 3.8) is 0 Å². The summed E-state index contributed by atoms with van der Waals surface area (Å²) in [5, 5.41) is 4.22. The lowest BCUT2D eigenvalue weighted by Crippen LogP contribution is -2.25. The fourth-order valence-corrected chi connectivity index (χ4v) is 1.92. The van der Waals surface area contributed by atoms with Crippen molar-refractivity contribution >= 4 is 34.4 Å². The topological polar surface area (TPSA) is 12.0 Å². The van der Waals surface area contributed by atoms with Gasteiger partial charge in [0.15, 0.2) is 0 Å². The zero-order chi connectivity index (χ0) is 11.3. The van der Waals surface area contributed by atoms with Gasteiger partial charge in [-0.1, -0.05) is 19.1 Å². The predicted molar refractivity (Wildman–Crippen MR) is 78.6 cm³/mol. The summed E-state index contributed by atoms with van der Waals surface area (Å²) in [7, 11) is 0. The highest BCUT2D eigenvalue weighted by molar-refractivity contribution is 14.1. The van der Waals surface area contributed by atoms with Gasteiger partial charge in [0.25, 0.3) is 0 Å². The normalized spacial score (nSPS) is 14.9. The SMILES string of the molecule is CSC(C)CNC(C)c1ccc(I)cc1. The maximum atomic E-state index is 3.55. The maximum Gasteiger partial charge on any atom is 0.0292 e. The van der Waals surface area contributed by atoms with E-state index < -0.39 is 0 Å². The molecule has 0 aliphatic heterocycles. The van der Waals surface area contributed by atoms with Crippen LogP contribution in [0.3, 0.4) is 0 Å². The summed E-state index contributed by atoms with van der Waals surface area (Å²) in [4.78, 5) is 0. The largest absolute Gasteiger partial charge is 0.309 e. The zero-order valence-corrected chi connectivity index (χ0v) is 12.4. The first-order valence-electron chi connectivity index (χ1n) is 5.15. The third-order valence-electron chi connectivity index (χ3n) is 2.48. The third-order valence-corrected chi connectivity index (χ3v) is 4.17. The maximum absolute atomic E-state index is 3.55. The minimum Gasteiger partial charge on any atom is -0.309 e. The Bertz CT molecular complexity index is 286. The van der Waals surface area contributed by atoms with Gasteiger partial charge in [0.2, 0.25) is 0 Å². The highest BCUT2D eigenvalue weighted by Gasteiger charge is 2.06. The number of rotatable bonds is 5. The van der Waals surface area contributed by atoms with Crippen molar-refractivity contribution in [2.75, 3.05) is 12.8 Å². The van der Waals surface area contributed by atoms with Gasteiger partial charge in [-0.15, -0.1) is 0 Å².